The van der Waals surface area contributed by atoms with E-state index in [9.17, 15) is 9.59 Å². The minimum atomic E-state index is -0.680. The first-order chi connectivity index (χ1) is 13.1. The third-order valence-corrected chi connectivity index (χ3v) is 5.94. The molecule has 3 heterocycles. The molecular formula is C21H25N3O3. The van der Waals surface area contributed by atoms with Crippen LogP contribution in [0.25, 0.3) is 0 Å². The molecule has 142 valence electrons. The van der Waals surface area contributed by atoms with E-state index >= 15 is 0 Å². The molecule has 0 atom stereocenters. The van der Waals surface area contributed by atoms with E-state index in [1.54, 1.807) is 24.5 Å². The summed E-state index contributed by atoms with van der Waals surface area (Å²) in [5.41, 5.74) is 1.59. The van der Waals surface area contributed by atoms with Gasteiger partial charge in [-0.05, 0) is 30.9 Å². The van der Waals surface area contributed by atoms with Crippen molar-refractivity contribution in [3.05, 3.63) is 60.1 Å². The summed E-state index contributed by atoms with van der Waals surface area (Å²) in [5, 5.41) is 0. The molecule has 0 unspecified atom stereocenters. The summed E-state index contributed by atoms with van der Waals surface area (Å²) in [6, 6.07) is 11.8. The first kappa shape index (κ1) is 17.8. The minimum absolute atomic E-state index is 0.0334. The first-order valence-corrected chi connectivity index (χ1v) is 9.47. The molecule has 3 amide bonds. The number of likely N-dealkylation sites (tertiary alicyclic amines) is 1. The van der Waals surface area contributed by atoms with Gasteiger partial charge in [0.2, 0.25) is 0 Å². The van der Waals surface area contributed by atoms with Gasteiger partial charge in [0.05, 0.1) is 12.5 Å². The number of rotatable bonds is 5. The van der Waals surface area contributed by atoms with Crippen LogP contribution >= 0.6 is 0 Å². The number of urea groups is 1. The predicted octanol–water partition coefficient (Wildman–Crippen LogP) is 2.75. The zero-order valence-corrected chi connectivity index (χ0v) is 15.6. The number of furan rings is 1. The number of amides is 3. The zero-order valence-electron chi connectivity index (χ0n) is 15.6. The summed E-state index contributed by atoms with van der Waals surface area (Å²) in [6.45, 7) is 2.84. The fourth-order valence-corrected chi connectivity index (χ4v) is 4.20. The van der Waals surface area contributed by atoms with E-state index in [0.29, 0.717) is 25.8 Å². The molecule has 2 aliphatic rings. The molecule has 2 aromatic rings. The Labute approximate surface area is 159 Å². The van der Waals surface area contributed by atoms with Crippen LogP contribution in [0.4, 0.5) is 4.79 Å². The SMILES string of the molecule is CN1C(=O)N(CCc2ccccc2)C(=O)C12CCN(Cc1ccoc1)CC2. The summed E-state index contributed by atoms with van der Waals surface area (Å²) < 4.78 is 5.13. The molecule has 1 aromatic carbocycles. The smallest absolute Gasteiger partial charge is 0.327 e. The largest absolute Gasteiger partial charge is 0.472 e. The molecule has 6 nitrogen and oxygen atoms in total. The second-order valence-corrected chi connectivity index (χ2v) is 7.47. The van der Waals surface area contributed by atoms with Gasteiger partial charge in [0.15, 0.2) is 0 Å². The van der Waals surface area contributed by atoms with Crippen LogP contribution in [0.2, 0.25) is 0 Å². The molecule has 0 radical (unpaired) electrons. The molecule has 2 aliphatic heterocycles. The van der Waals surface area contributed by atoms with Gasteiger partial charge in [0.1, 0.15) is 5.54 Å². The Morgan fingerprint density at radius 3 is 2.44 bits per heavy atom. The average molecular weight is 367 g/mol. The van der Waals surface area contributed by atoms with Gasteiger partial charge >= 0.3 is 6.03 Å². The van der Waals surface area contributed by atoms with Crippen molar-refractivity contribution in [2.24, 2.45) is 0 Å². The van der Waals surface area contributed by atoms with Crippen LogP contribution in [0.3, 0.4) is 0 Å². The molecule has 0 saturated carbocycles. The first-order valence-electron chi connectivity index (χ1n) is 9.47. The van der Waals surface area contributed by atoms with Gasteiger partial charge in [0.25, 0.3) is 5.91 Å². The maximum atomic E-state index is 13.2. The van der Waals surface area contributed by atoms with Crippen molar-refractivity contribution in [2.75, 3.05) is 26.7 Å². The Balaban J connectivity index is 1.41. The molecule has 0 N–H and O–H groups in total. The quantitative estimate of drug-likeness (QED) is 0.763. The van der Waals surface area contributed by atoms with Crippen molar-refractivity contribution in [2.45, 2.75) is 31.3 Å². The molecule has 1 aromatic heterocycles. The molecule has 1 spiro atoms. The highest BCUT2D eigenvalue weighted by molar-refractivity contribution is 6.07. The van der Waals surface area contributed by atoms with Crippen LogP contribution in [-0.4, -0.2) is 58.9 Å². The van der Waals surface area contributed by atoms with Crippen molar-refractivity contribution in [3.8, 4) is 0 Å². The zero-order chi connectivity index (χ0) is 18.9. The normalized spacial score (nSPS) is 20.0. The number of piperidine rings is 1. The summed E-state index contributed by atoms with van der Waals surface area (Å²) in [5.74, 6) is -0.0334. The fraction of sp³-hybridized carbons (Fsp3) is 0.429. The molecule has 2 fully saturated rings. The summed E-state index contributed by atoms with van der Waals surface area (Å²) in [6.07, 6.45) is 5.47. The number of carbonyl (C=O) groups excluding carboxylic acids is 2. The van der Waals surface area contributed by atoms with Crippen LogP contribution in [0.1, 0.15) is 24.0 Å². The maximum Gasteiger partial charge on any atom is 0.327 e. The number of imide groups is 1. The van der Waals surface area contributed by atoms with E-state index in [2.05, 4.69) is 4.90 Å². The van der Waals surface area contributed by atoms with Crippen molar-refractivity contribution in [1.82, 2.24) is 14.7 Å². The highest BCUT2D eigenvalue weighted by Crippen LogP contribution is 2.36. The van der Waals surface area contributed by atoms with Gasteiger partial charge in [-0.25, -0.2) is 4.79 Å². The summed E-state index contributed by atoms with van der Waals surface area (Å²) in [7, 11) is 1.77. The standard InChI is InChI=1S/C21H25N3O3/c1-22-20(26)24(11-7-17-5-3-2-4-6-17)19(25)21(22)9-12-23(13-10-21)15-18-8-14-27-16-18/h2-6,8,14,16H,7,9-13,15H2,1H3. The summed E-state index contributed by atoms with van der Waals surface area (Å²) >= 11 is 0. The minimum Gasteiger partial charge on any atom is -0.472 e. The fourth-order valence-electron chi connectivity index (χ4n) is 4.20. The van der Waals surface area contributed by atoms with Gasteiger partial charge in [-0.2, -0.15) is 0 Å². The Kier molecular flexibility index (Phi) is 4.74. The third kappa shape index (κ3) is 3.25. The van der Waals surface area contributed by atoms with E-state index in [4.69, 9.17) is 4.42 Å². The van der Waals surface area contributed by atoms with Crippen LogP contribution in [0, 0.1) is 0 Å². The number of carbonyl (C=O) groups is 2. The van der Waals surface area contributed by atoms with Crippen LogP contribution in [0.5, 0.6) is 0 Å². The molecule has 6 heteroatoms. The van der Waals surface area contributed by atoms with Gasteiger partial charge in [0, 0.05) is 38.8 Å². The number of benzene rings is 1. The Morgan fingerprint density at radius 2 is 1.78 bits per heavy atom. The van der Waals surface area contributed by atoms with Crippen LogP contribution < -0.4 is 0 Å². The van der Waals surface area contributed by atoms with Gasteiger partial charge in [-0.1, -0.05) is 30.3 Å². The molecule has 0 aliphatic carbocycles. The number of hydrogen-bond donors (Lipinski definition) is 0. The second-order valence-electron chi connectivity index (χ2n) is 7.47. The Morgan fingerprint density at radius 1 is 1.04 bits per heavy atom. The van der Waals surface area contributed by atoms with Crippen molar-refractivity contribution >= 4 is 11.9 Å². The van der Waals surface area contributed by atoms with E-state index in [1.807, 2.05) is 36.4 Å². The van der Waals surface area contributed by atoms with Crippen LogP contribution in [-0.2, 0) is 17.8 Å². The lowest BCUT2D eigenvalue weighted by Gasteiger charge is -2.40. The molecule has 4 rings (SSSR count). The third-order valence-electron chi connectivity index (χ3n) is 5.94. The highest BCUT2D eigenvalue weighted by Gasteiger charge is 2.56. The molecule has 27 heavy (non-hydrogen) atoms. The predicted molar refractivity (Wildman–Crippen MR) is 101 cm³/mol. The second kappa shape index (κ2) is 7.19. The lowest BCUT2D eigenvalue weighted by Crippen LogP contribution is -2.55. The Bertz CT molecular complexity index is 795. The van der Waals surface area contributed by atoms with E-state index in [-0.39, 0.29) is 11.9 Å². The van der Waals surface area contributed by atoms with E-state index < -0.39 is 5.54 Å². The van der Waals surface area contributed by atoms with Crippen LogP contribution in [0.15, 0.2) is 53.3 Å². The highest BCUT2D eigenvalue weighted by atomic mass is 16.3. The lowest BCUT2D eigenvalue weighted by molar-refractivity contribution is -0.135. The monoisotopic (exact) mass is 367 g/mol. The summed E-state index contributed by atoms with van der Waals surface area (Å²) in [4.78, 5) is 31.4. The number of hydrogen-bond acceptors (Lipinski definition) is 4. The van der Waals surface area contributed by atoms with E-state index in [1.165, 1.54) is 4.90 Å². The van der Waals surface area contributed by atoms with Gasteiger partial charge in [-0.3, -0.25) is 14.6 Å². The lowest BCUT2D eigenvalue weighted by atomic mass is 9.86. The molecular weight excluding hydrogens is 342 g/mol. The topological polar surface area (TPSA) is 57.0 Å². The molecule has 0 bridgehead atoms. The number of nitrogens with zero attached hydrogens (tertiary/aromatic N) is 3. The van der Waals surface area contributed by atoms with Crippen molar-refractivity contribution in [1.29, 1.82) is 0 Å². The van der Waals surface area contributed by atoms with E-state index in [0.717, 1.165) is 30.8 Å². The average Bonchev–Trinajstić information content (AvgIpc) is 3.26. The Hall–Kier alpha value is -2.60. The van der Waals surface area contributed by atoms with Crippen molar-refractivity contribution < 1.29 is 14.0 Å². The van der Waals surface area contributed by atoms with Crippen molar-refractivity contribution in [3.63, 3.8) is 0 Å². The molecule has 2 saturated heterocycles. The van der Waals surface area contributed by atoms with Gasteiger partial charge in [-0.15, -0.1) is 0 Å². The van der Waals surface area contributed by atoms with Gasteiger partial charge < -0.3 is 9.32 Å². The number of likely N-dealkylation sites (N-methyl/N-ethyl adjacent to an activating group) is 1. The maximum absolute atomic E-state index is 13.2.